The molecule has 4 heteroatoms. The van der Waals surface area contributed by atoms with Gasteiger partial charge in [0.1, 0.15) is 0 Å². The van der Waals surface area contributed by atoms with Gasteiger partial charge < -0.3 is 4.90 Å². The number of aryl methyl sites for hydroxylation is 1. The summed E-state index contributed by atoms with van der Waals surface area (Å²) < 4.78 is 1.07. The standard InChI is InChI=1S/C10H12BrNOS/c1-7-6-8(14-9(7)11)10(13)12-4-2-3-5-12/h6H,2-5H2,1H3. The van der Waals surface area contributed by atoms with E-state index in [1.165, 1.54) is 11.3 Å². The first-order valence-corrected chi connectivity index (χ1v) is 6.34. The maximum Gasteiger partial charge on any atom is 0.263 e. The summed E-state index contributed by atoms with van der Waals surface area (Å²) in [5.41, 5.74) is 1.15. The van der Waals surface area contributed by atoms with Crippen molar-refractivity contribution in [3.05, 3.63) is 20.3 Å². The molecule has 1 aliphatic rings. The Labute approximate surface area is 96.0 Å². The van der Waals surface area contributed by atoms with Crippen LogP contribution in [-0.4, -0.2) is 23.9 Å². The summed E-state index contributed by atoms with van der Waals surface area (Å²) in [5, 5.41) is 0. The van der Waals surface area contributed by atoms with Crippen LogP contribution in [0.1, 0.15) is 28.1 Å². The summed E-state index contributed by atoms with van der Waals surface area (Å²) in [6.45, 7) is 3.86. The molecule has 1 aliphatic heterocycles. The molecule has 2 heterocycles. The summed E-state index contributed by atoms with van der Waals surface area (Å²) in [4.78, 5) is 14.7. The van der Waals surface area contributed by atoms with E-state index in [1.807, 2.05) is 17.9 Å². The van der Waals surface area contributed by atoms with Crippen molar-refractivity contribution in [1.82, 2.24) is 4.90 Å². The third-order valence-electron chi connectivity index (χ3n) is 2.46. The molecule has 1 aromatic rings. The lowest BCUT2D eigenvalue weighted by atomic mass is 10.3. The van der Waals surface area contributed by atoms with E-state index in [4.69, 9.17) is 0 Å². The molecule has 0 bridgehead atoms. The van der Waals surface area contributed by atoms with Gasteiger partial charge in [-0.25, -0.2) is 0 Å². The number of halogens is 1. The minimum Gasteiger partial charge on any atom is -0.338 e. The van der Waals surface area contributed by atoms with Crippen LogP contribution >= 0.6 is 27.3 Å². The molecule has 2 rings (SSSR count). The van der Waals surface area contributed by atoms with E-state index in [0.717, 1.165) is 40.2 Å². The number of likely N-dealkylation sites (tertiary alicyclic amines) is 1. The van der Waals surface area contributed by atoms with Crippen LogP contribution in [0.2, 0.25) is 0 Å². The fourth-order valence-electron chi connectivity index (χ4n) is 1.64. The van der Waals surface area contributed by atoms with Gasteiger partial charge in [0.05, 0.1) is 8.66 Å². The fourth-order valence-corrected chi connectivity index (χ4v) is 3.14. The number of carbonyl (C=O) groups excluding carboxylic acids is 1. The van der Waals surface area contributed by atoms with Gasteiger partial charge in [0, 0.05) is 13.1 Å². The topological polar surface area (TPSA) is 20.3 Å². The second kappa shape index (κ2) is 4.03. The Morgan fingerprint density at radius 1 is 1.50 bits per heavy atom. The minimum absolute atomic E-state index is 0.196. The molecule has 1 aromatic heterocycles. The van der Waals surface area contributed by atoms with Crippen molar-refractivity contribution in [1.29, 1.82) is 0 Å². The second-order valence-corrected chi connectivity index (χ2v) is 5.94. The van der Waals surface area contributed by atoms with Crippen LogP contribution in [0.25, 0.3) is 0 Å². The Kier molecular flexibility index (Phi) is 2.93. The number of hydrogen-bond acceptors (Lipinski definition) is 2. The van der Waals surface area contributed by atoms with Crippen LogP contribution in [-0.2, 0) is 0 Å². The van der Waals surface area contributed by atoms with E-state index in [2.05, 4.69) is 15.9 Å². The van der Waals surface area contributed by atoms with Crippen LogP contribution in [0, 0.1) is 6.92 Å². The third-order valence-corrected chi connectivity index (χ3v) is 4.59. The zero-order chi connectivity index (χ0) is 10.1. The molecule has 76 valence electrons. The molecular weight excluding hydrogens is 262 g/mol. The molecule has 1 fully saturated rings. The summed E-state index contributed by atoms with van der Waals surface area (Å²) in [7, 11) is 0. The van der Waals surface area contributed by atoms with Crippen LogP contribution in [0.15, 0.2) is 9.85 Å². The van der Waals surface area contributed by atoms with Gasteiger partial charge in [-0.15, -0.1) is 11.3 Å². The summed E-state index contributed by atoms with van der Waals surface area (Å²) in [6, 6.07) is 1.97. The molecule has 14 heavy (non-hydrogen) atoms. The summed E-state index contributed by atoms with van der Waals surface area (Å²) in [5.74, 6) is 0.196. The molecule has 1 saturated heterocycles. The number of hydrogen-bond donors (Lipinski definition) is 0. The lowest BCUT2D eigenvalue weighted by Crippen LogP contribution is -2.26. The number of nitrogens with zero attached hydrogens (tertiary/aromatic N) is 1. The maximum absolute atomic E-state index is 11.9. The Morgan fingerprint density at radius 3 is 2.64 bits per heavy atom. The Bertz CT molecular complexity index is 336. The number of carbonyl (C=O) groups is 1. The summed E-state index contributed by atoms with van der Waals surface area (Å²) in [6.07, 6.45) is 2.30. The SMILES string of the molecule is Cc1cc(C(=O)N2CCCC2)sc1Br. The van der Waals surface area contributed by atoms with Crippen molar-refractivity contribution >= 4 is 33.2 Å². The molecule has 0 aromatic carbocycles. The van der Waals surface area contributed by atoms with E-state index in [0.29, 0.717) is 0 Å². The average Bonchev–Trinajstić information content (AvgIpc) is 2.76. The van der Waals surface area contributed by atoms with Gasteiger partial charge in [-0.2, -0.15) is 0 Å². The highest BCUT2D eigenvalue weighted by Crippen LogP contribution is 2.28. The first-order valence-electron chi connectivity index (χ1n) is 4.73. The van der Waals surface area contributed by atoms with Crippen LogP contribution < -0.4 is 0 Å². The van der Waals surface area contributed by atoms with Gasteiger partial charge in [-0.3, -0.25) is 4.79 Å². The number of thiophene rings is 1. The van der Waals surface area contributed by atoms with E-state index in [1.54, 1.807) is 0 Å². The van der Waals surface area contributed by atoms with Crippen molar-refractivity contribution in [2.45, 2.75) is 19.8 Å². The number of rotatable bonds is 1. The zero-order valence-electron chi connectivity index (χ0n) is 8.05. The zero-order valence-corrected chi connectivity index (χ0v) is 10.4. The van der Waals surface area contributed by atoms with Crippen molar-refractivity contribution in [2.75, 3.05) is 13.1 Å². The van der Waals surface area contributed by atoms with Crippen LogP contribution in [0.5, 0.6) is 0 Å². The van der Waals surface area contributed by atoms with Crippen LogP contribution in [0.3, 0.4) is 0 Å². The van der Waals surface area contributed by atoms with Crippen molar-refractivity contribution in [3.8, 4) is 0 Å². The Morgan fingerprint density at radius 2 is 2.14 bits per heavy atom. The maximum atomic E-state index is 11.9. The van der Waals surface area contributed by atoms with Gasteiger partial charge in [0.15, 0.2) is 0 Å². The highest BCUT2D eigenvalue weighted by molar-refractivity contribution is 9.11. The Balaban J connectivity index is 2.18. The summed E-state index contributed by atoms with van der Waals surface area (Å²) >= 11 is 4.98. The highest BCUT2D eigenvalue weighted by atomic mass is 79.9. The largest absolute Gasteiger partial charge is 0.338 e. The first-order chi connectivity index (χ1) is 6.68. The molecule has 0 spiro atoms. The third kappa shape index (κ3) is 1.86. The predicted octanol–water partition coefficient (Wildman–Crippen LogP) is 3.06. The monoisotopic (exact) mass is 273 g/mol. The van der Waals surface area contributed by atoms with Crippen molar-refractivity contribution < 1.29 is 4.79 Å². The van der Waals surface area contributed by atoms with E-state index < -0.39 is 0 Å². The molecule has 0 radical (unpaired) electrons. The molecule has 0 aliphatic carbocycles. The lowest BCUT2D eigenvalue weighted by Gasteiger charge is -2.13. The van der Waals surface area contributed by atoms with E-state index in [-0.39, 0.29) is 5.91 Å². The average molecular weight is 274 g/mol. The van der Waals surface area contributed by atoms with Crippen LogP contribution in [0.4, 0.5) is 0 Å². The van der Waals surface area contributed by atoms with Crippen molar-refractivity contribution in [3.63, 3.8) is 0 Å². The predicted molar refractivity (Wildman–Crippen MR) is 61.9 cm³/mol. The molecular formula is C10H12BrNOS. The normalized spacial score (nSPS) is 16.3. The van der Waals surface area contributed by atoms with E-state index >= 15 is 0 Å². The first kappa shape index (κ1) is 10.2. The lowest BCUT2D eigenvalue weighted by molar-refractivity contribution is 0.0797. The smallest absolute Gasteiger partial charge is 0.263 e. The van der Waals surface area contributed by atoms with Gasteiger partial charge in [0.25, 0.3) is 5.91 Å². The van der Waals surface area contributed by atoms with Gasteiger partial charge in [-0.05, 0) is 47.3 Å². The van der Waals surface area contributed by atoms with Gasteiger partial charge in [0.2, 0.25) is 0 Å². The second-order valence-electron chi connectivity index (χ2n) is 3.57. The highest BCUT2D eigenvalue weighted by Gasteiger charge is 2.21. The molecule has 0 N–H and O–H groups in total. The molecule has 2 nitrogen and oxygen atoms in total. The Hall–Kier alpha value is -0.350. The minimum atomic E-state index is 0.196. The fraction of sp³-hybridized carbons (Fsp3) is 0.500. The van der Waals surface area contributed by atoms with Crippen molar-refractivity contribution in [2.24, 2.45) is 0 Å². The number of amides is 1. The molecule has 0 atom stereocenters. The van der Waals surface area contributed by atoms with Gasteiger partial charge in [-0.1, -0.05) is 0 Å². The molecule has 0 saturated carbocycles. The quantitative estimate of drug-likeness (QED) is 0.770. The molecule has 1 amide bonds. The van der Waals surface area contributed by atoms with E-state index in [9.17, 15) is 4.79 Å². The van der Waals surface area contributed by atoms with Gasteiger partial charge >= 0.3 is 0 Å². The molecule has 0 unspecified atom stereocenters.